The average molecular weight is 418 g/mol. The number of hydrogen-bond donors (Lipinski definition) is 2. The standard InChI is InChI=1S/C19H20BrN3O3/c1-10(21-19(26)22-14-8-6-13(20)7-9-14)23-17(24)15-11-2-3-12(5-4-11)16(15)18(23)25/h2-3,6-12,15-16H,4-5H2,1H3,(H2,21,22,26)/t10-,11-,12-,15-,16+/m0/s1. The quantitative estimate of drug-likeness (QED) is 0.585. The summed E-state index contributed by atoms with van der Waals surface area (Å²) in [5.74, 6) is -0.536. The van der Waals surface area contributed by atoms with Gasteiger partial charge in [-0.3, -0.25) is 14.5 Å². The number of anilines is 1. The summed E-state index contributed by atoms with van der Waals surface area (Å²) in [5.41, 5.74) is 0.632. The van der Waals surface area contributed by atoms with Crippen LogP contribution in [0.2, 0.25) is 0 Å². The SMILES string of the molecule is C[C@@H](NC(=O)Nc1ccc(Br)cc1)N1C(=O)[C@@H]2[C@H](C1=O)[C@H]1C=C[C@H]2CC1. The van der Waals surface area contributed by atoms with Gasteiger partial charge < -0.3 is 10.6 Å². The van der Waals surface area contributed by atoms with Gasteiger partial charge in [-0.05, 0) is 55.9 Å². The number of benzene rings is 1. The van der Waals surface area contributed by atoms with Crippen molar-refractivity contribution in [2.24, 2.45) is 23.7 Å². The first-order chi connectivity index (χ1) is 12.5. The Labute approximate surface area is 160 Å². The summed E-state index contributed by atoms with van der Waals surface area (Å²) < 4.78 is 0.913. The Hall–Kier alpha value is -2.15. The van der Waals surface area contributed by atoms with Crippen LogP contribution in [0.3, 0.4) is 0 Å². The summed E-state index contributed by atoms with van der Waals surface area (Å²) in [4.78, 5) is 39.2. The number of rotatable bonds is 3. The van der Waals surface area contributed by atoms with Gasteiger partial charge in [0.1, 0.15) is 6.17 Å². The number of likely N-dealkylation sites (tertiary alicyclic amines) is 1. The number of imide groups is 1. The Kier molecular flexibility index (Phi) is 4.34. The van der Waals surface area contributed by atoms with Crippen LogP contribution >= 0.6 is 15.9 Å². The second-order valence-corrected chi connectivity index (χ2v) is 8.09. The summed E-state index contributed by atoms with van der Waals surface area (Å²) in [5, 5.41) is 5.42. The molecule has 2 N–H and O–H groups in total. The van der Waals surface area contributed by atoms with Crippen molar-refractivity contribution in [3.63, 3.8) is 0 Å². The van der Waals surface area contributed by atoms with Crippen LogP contribution < -0.4 is 10.6 Å². The highest BCUT2D eigenvalue weighted by Gasteiger charge is 2.57. The fourth-order valence-corrected chi connectivity index (χ4v) is 4.70. The molecule has 4 aliphatic rings. The molecule has 6 nitrogen and oxygen atoms in total. The molecule has 5 atom stereocenters. The first-order valence-corrected chi connectivity index (χ1v) is 9.63. The van der Waals surface area contributed by atoms with E-state index < -0.39 is 12.2 Å². The summed E-state index contributed by atoms with van der Waals surface area (Å²) >= 11 is 3.34. The van der Waals surface area contributed by atoms with Crippen LogP contribution in [0.1, 0.15) is 19.8 Å². The summed E-state index contributed by atoms with van der Waals surface area (Å²) in [6, 6.07) is 6.72. The average Bonchev–Trinajstić information content (AvgIpc) is 2.91. The van der Waals surface area contributed by atoms with Crippen molar-refractivity contribution >= 4 is 39.5 Å². The van der Waals surface area contributed by atoms with E-state index in [-0.39, 0.29) is 35.5 Å². The minimum atomic E-state index is -0.685. The molecular formula is C19H20BrN3O3. The van der Waals surface area contributed by atoms with Crippen LogP contribution in [0.5, 0.6) is 0 Å². The van der Waals surface area contributed by atoms with Gasteiger partial charge in [0, 0.05) is 10.2 Å². The second-order valence-electron chi connectivity index (χ2n) is 7.17. The molecule has 1 aliphatic heterocycles. The lowest BCUT2D eigenvalue weighted by atomic mass is 9.63. The zero-order chi connectivity index (χ0) is 18.4. The normalized spacial score (nSPS) is 30.3. The van der Waals surface area contributed by atoms with Crippen molar-refractivity contribution in [1.29, 1.82) is 0 Å². The van der Waals surface area contributed by atoms with Gasteiger partial charge >= 0.3 is 6.03 Å². The number of halogens is 1. The molecule has 1 aromatic rings. The number of carbonyl (C=O) groups excluding carboxylic acids is 3. The van der Waals surface area contributed by atoms with Gasteiger partial charge in [0.15, 0.2) is 0 Å². The van der Waals surface area contributed by atoms with Gasteiger partial charge in [-0.15, -0.1) is 0 Å². The molecule has 2 fully saturated rings. The molecule has 1 aromatic carbocycles. The monoisotopic (exact) mass is 417 g/mol. The first-order valence-electron chi connectivity index (χ1n) is 8.84. The topological polar surface area (TPSA) is 78.5 Å². The van der Waals surface area contributed by atoms with Crippen LogP contribution in [0.15, 0.2) is 40.9 Å². The third-order valence-electron chi connectivity index (χ3n) is 5.62. The third-order valence-corrected chi connectivity index (χ3v) is 6.15. The van der Waals surface area contributed by atoms with E-state index >= 15 is 0 Å². The van der Waals surface area contributed by atoms with Crippen molar-refractivity contribution in [3.8, 4) is 0 Å². The van der Waals surface area contributed by atoms with Crippen molar-refractivity contribution in [1.82, 2.24) is 10.2 Å². The Morgan fingerprint density at radius 3 is 2.12 bits per heavy atom. The van der Waals surface area contributed by atoms with Gasteiger partial charge in [0.25, 0.3) is 0 Å². The van der Waals surface area contributed by atoms with Crippen LogP contribution in [-0.4, -0.2) is 28.9 Å². The maximum absolute atomic E-state index is 12.9. The second kappa shape index (κ2) is 6.54. The summed E-state index contributed by atoms with van der Waals surface area (Å²) in [7, 11) is 0. The summed E-state index contributed by atoms with van der Waals surface area (Å²) in [6.45, 7) is 1.67. The molecule has 0 spiro atoms. The zero-order valence-corrected chi connectivity index (χ0v) is 15.9. The first kappa shape index (κ1) is 17.3. The smallest absolute Gasteiger partial charge is 0.317 e. The Morgan fingerprint density at radius 1 is 1.08 bits per heavy atom. The van der Waals surface area contributed by atoms with Gasteiger partial charge in [-0.2, -0.15) is 0 Å². The van der Waals surface area contributed by atoms with Crippen molar-refractivity contribution < 1.29 is 14.4 Å². The highest BCUT2D eigenvalue weighted by Crippen LogP contribution is 2.49. The van der Waals surface area contributed by atoms with E-state index in [0.29, 0.717) is 5.69 Å². The Bertz CT molecular complexity index is 760. The maximum Gasteiger partial charge on any atom is 0.320 e. The molecule has 7 heteroatoms. The molecule has 0 radical (unpaired) electrons. The molecule has 3 aliphatic carbocycles. The molecule has 136 valence electrons. The number of fused-ring (bicyclic) bond motifs is 1. The predicted octanol–water partition coefficient (Wildman–Crippen LogP) is 3.11. The van der Waals surface area contributed by atoms with Crippen molar-refractivity contribution in [2.45, 2.75) is 25.9 Å². The van der Waals surface area contributed by atoms with E-state index in [1.54, 1.807) is 19.1 Å². The van der Waals surface area contributed by atoms with Gasteiger partial charge in [0.2, 0.25) is 11.8 Å². The maximum atomic E-state index is 12.9. The van der Waals surface area contributed by atoms with Gasteiger partial charge in [0.05, 0.1) is 11.8 Å². The lowest BCUT2D eigenvalue weighted by molar-refractivity contribution is -0.142. The molecular weight excluding hydrogens is 398 g/mol. The number of nitrogens with zero attached hydrogens (tertiary/aromatic N) is 1. The molecule has 26 heavy (non-hydrogen) atoms. The van der Waals surface area contributed by atoms with Gasteiger partial charge in [-0.1, -0.05) is 28.1 Å². The third kappa shape index (κ3) is 2.84. The number of carbonyl (C=O) groups is 3. The van der Waals surface area contributed by atoms with Crippen LogP contribution in [0.4, 0.5) is 10.5 Å². The van der Waals surface area contributed by atoms with Crippen LogP contribution in [-0.2, 0) is 9.59 Å². The Balaban J connectivity index is 1.44. The molecule has 2 bridgehead atoms. The highest BCUT2D eigenvalue weighted by molar-refractivity contribution is 9.10. The minimum absolute atomic E-state index is 0.148. The molecule has 4 amide bonds. The number of allylic oxidation sites excluding steroid dienone is 2. The van der Waals surface area contributed by atoms with Crippen molar-refractivity contribution in [3.05, 3.63) is 40.9 Å². The number of nitrogens with one attached hydrogen (secondary N) is 2. The van der Waals surface area contributed by atoms with Crippen molar-refractivity contribution in [2.75, 3.05) is 5.32 Å². The van der Waals surface area contributed by atoms with Crippen LogP contribution in [0.25, 0.3) is 0 Å². The largest absolute Gasteiger partial charge is 0.320 e. The molecule has 5 rings (SSSR count). The lowest BCUT2D eigenvalue weighted by Gasteiger charge is -2.38. The van der Waals surface area contributed by atoms with E-state index in [9.17, 15) is 14.4 Å². The molecule has 1 heterocycles. The van der Waals surface area contributed by atoms with E-state index in [1.165, 1.54) is 4.90 Å². The van der Waals surface area contributed by atoms with E-state index in [4.69, 9.17) is 0 Å². The number of hydrogen-bond acceptors (Lipinski definition) is 3. The molecule has 0 unspecified atom stereocenters. The molecule has 1 saturated carbocycles. The van der Waals surface area contributed by atoms with E-state index in [0.717, 1.165) is 17.3 Å². The fraction of sp³-hybridized carbons (Fsp3) is 0.421. The fourth-order valence-electron chi connectivity index (χ4n) is 4.43. The lowest BCUT2D eigenvalue weighted by Crippen LogP contribution is -2.50. The molecule has 1 saturated heterocycles. The van der Waals surface area contributed by atoms with Gasteiger partial charge in [-0.25, -0.2) is 4.79 Å². The Morgan fingerprint density at radius 2 is 1.62 bits per heavy atom. The zero-order valence-electron chi connectivity index (χ0n) is 14.3. The van der Waals surface area contributed by atoms with E-state index in [1.807, 2.05) is 12.1 Å². The highest BCUT2D eigenvalue weighted by atomic mass is 79.9. The summed E-state index contributed by atoms with van der Waals surface area (Å²) in [6.07, 6.45) is 5.41. The number of amides is 4. The van der Waals surface area contributed by atoms with E-state index in [2.05, 4.69) is 38.7 Å². The predicted molar refractivity (Wildman–Crippen MR) is 99.9 cm³/mol. The van der Waals surface area contributed by atoms with Crippen LogP contribution in [0, 0.1) is 23.7 Å². The molecule has 0 aromatic heterocycles. The minimum Gasteiger partial charge on any atom is -0.317 e. The number of urea groups is 1.